The molecule has 2 aromatic carbocycles. The van der Waals surface area contributed by atoms with E-state index in [4.69, 9.17) is 16.3 Å². The van der Waals surface area contributed by atoms with E-state index in [0.29, 0.717) is 16.3 Å². The number of nitrogens with one attached hydrogen (secondary N) is 2. The Hall–Kier alpha value is -3.06. The van der Waals surface area contributed by atoms with Gasteiger partial charge in [-0.05, 0) is 82.7 Å². The molecule has 2 aromatic rings. The van der Waals surface area contributed by atoms with Crippen LogP contribution in [0.4, 0.5) is 10.5 Å². The van der Waals surface area contributed by atoms with Crippen molar-refractivity contribution in [2.24, 2.45) is 5.92 Å². The molecule has 2 atom stereocenters. The SMILES string of the molecule is CCN(C(=O)C(NC(=O)OC(C)(C)C)C(C)C)C(C(=O)Nc1c(C)cccc1Cl)c1ccc(C)c(C)c1. The van der Waals surface area contributed by atoms with Crippen molar-refractivity contribution in [3.63, 3.8) is 0 Å². The Bertz CT molecular complexity index is 1120. The lowest BCUT2D eigenvalue weighted by Crippen LogP contribution is -2.54. The summed E-state index contributed by atoms with van der Waals surface area (Å²) in [5, 5.41) is 6.07. The zero-order valence-corrected chi connectivity index (χ0v) is 24.1. The Balaban J connectivity index is 2.52. The van der Waals surface area contributed by atoms with Crippen LogP contribution < -0.4 is 10.6 Å². The van der Waals surface area contributed by atoms with Crippen LogP contribution in [-0.2, 0) is 14.3 Å². The fourth-order valence-corrected chi connectivity index (χ4v) is 4.25. The number of nitrogens with zero attached hydrogens (tertiary/aromatic N) is 1. The van der Waals surface area contributed by atoms with Crippen LogP contribution in [0.5, 0.6) is 0 Å². The Morgan fingerprint density at radius 1 is 1.00 bits per heavy atom. The number of halogens is 1. The molecule has 0 aromatic heterocycles. The van der Waals surface area contributed by atoms with Crippen molar-refractivity contribution in [2.75, 3.05) is 11.9 Å². The van der Waals surface area contributed by atoms with E-state index < -0.39 is 29.7 Å². The molecule has 0 bridgehead atoms. The van der Waals surface area contributed by atoms with E-state index >= 15 is 0 Å². The molecule has 2 unspecified atom stereocenters. The van der Waals surface area contributed by atoms with Gasteiger partial charge in [0, 0.05) is 6.54 Å². The molecular formula is C29H40ClN3O4. The Kier molecular flexibility index (Phi) is 10.2. The van der Waals surface area contributed by atoms with Gasteiger partial charge >= 0.3 is 6.09 Å². The molecule has 0 aliphatic carbocycles. The van der Waals surface area contributed by atoms with E-state index in [1.807, 2.05) is 71.9 Å². The summed E-state index contributed by atoms with van der Waals surface area (Å²) >= 11 is 6.39. The molecule has 0 spiro atoms. The first-order chi connectivity index (χ1) is 17.2. The van der Waals surface area contributed by atoms with Gasteiger partial charge in [-0.25, -0.2) is 4.79 Å². The van der Waals surface area contributed by atoms with Crippen LogP contribution in [0.15, 0.2) is 36.4 Å². The number of ether oxygens (including phenoxy) is 1. The molecule has 0 saturated heterocycles. The molecular weight excluding hydrogens is 490 g/mol. The molecule has 2 rings (SSSR count). The fraction of sp³-hybridized carbons (Fsp3) is 0.483. The average molecular weight is 530 g/mol. The highest BCUT2D eigenvalue weighted by molar-refractivity contribution is 6.34. The van der Waals surface area contributed by atoms with Gasteiger partial charge in [-0.15, -0.1) is 0 Å². The lowest BCUT2D eigenvalue weighted by Gasteiger charge is -2.35. The van der Waals surface area contributed by atoms with E-state index in [1.165, 1.54) is 4.90 Å². The highest BCUT2D eigenvalue weighted by atomic mass is 35.5. The minimum Gasteiger partial charge on any atom is -0.444 e. The number of anilines is 1. The summed E-state index contributed by atoms with van der Waals surface area (Å²) in [6.07, 6.45) is -0.686. The molecule has 7 nitrogen and oxygen atoms in total. The molecule has 37 heavy (non-hydrogen) atoms. The molecule has 0 aliphatic heterocycles. The van der Waals surface area contributed by atoms with Crippen molar-refractivity contribution in [1.82, 2.24) is 10.2 Å². The second kappa shape index (κ2) is 12.5. The molecule has 3 amide bonds. The summed E-state index contributed by atoms with van der Waals surface area (Å²) in [6, 6.07) is 9.24. The van der Waals surface area contributed by atoms with Crippen molar-refractivity contribution in [3.8, 4) is 0 Å². The summed E-state index contributed by atoms with van der Waals surface area (Å²) in [5.74, 6) is -1.02. The number of carbonyl (C=O) groups is 3. The molecule has 0 aliphatic rings. The molecule has 0 radical (unpaired) electrons. The van der Waals surface area contributed by atoms with E-state index in [1.54, 1.807) is 26.8 Å². The van der Waals surface area contributed by atoms with Crippen LogP contribution >= 0.6 is 11.6 Å². The largest absolute Gasteiger partial charge is 0.444 e. The minimum absolute atomic E-state index is 0.241. The van der Waals surface area contributed by atoms with Gasteiger partial charge in [0.25, 0.3) is 5.91 Å². The molecule has 202 valence electrons. The first-order valence-electron chi connectivity index (χ1n) is 12.6. The third-order valence-corrected chi connectivity index (χ3v) is 6.42. The van der Waals surface area contributed by atoms with Gasteiger partial charge in [-0.1, -0.05) is 55.8 Å². The fourth-order valence-electron chi connectivity index (χ4n) is 3.98. The highest BCUT2D eigenvalue weighted by Gasteiger charge is 2.37. The maximum atomic E-state index is 13.9. The lowest BCUT2D eigenvalue weighted by atomic mass is 9.96. The standard InChI is InChI=1S/C29H40ClN3O4/c1-10-33(27(35)23(17(2)3)32-28(36)37-29(7,8)9)25(21-15-14-18(4)20(6)16-21)26(34)31-24-19(5)12-11-13-22(24)30/h11-17,23,25H,10H2,1-9H3,(H,31,34)(H,32,36). The summed E-state index contributed by atoms with van der Waals surface area (Å²) in [4.78, 5) is 41.8. The monoisotopic (exact) mass is 529 g/mol. The second-order valence-electron chi connectivity index (χ2n) is 10.7. The number of hydrogen-bond donors (Lipinski definition) is 2. The first kappa shape index (κ1) is 30.2. The van der Waals surface area contributed by atoms with E-state index in [9.17, 15) is 14.4 Å². The van der Waals surface area contributed by atoms with E-state index in [0.717, 1.165) is 16.7 Å². The van der Waals surface area contributed by atoms with Crippen molar-refractivity contribution < 1.29 is 19.1 Å². The molecule has 2 N–H and O–H groups in total. The second-order valence-corrected chi connectivity index (χ2v) is 11.1. The number of aryl methyl sites for hydroxylation is 3. The van der Waals surface area contributed by atoms with Gasteiger partial charge in [-0.2, -0.15) is 0 Å². The Labute approximate surface area is 225 Å². The van der Waals surface area contributed by atoms with Gasteiger partial charge in [0.15, 0.2) is 0 Å². The average Bonchev–Trinajstić information content (AvgIpc) is 2.78. The first-order valence-corrected chi connectivity index (χ1v) is 13.0. The number of hydrogen-bond acceptors (Lipinski definition) is 4. The van der Waals surface area contributed by atoms with Crippen LogP contribution in [0, 0.1) is 26.7 Å². The van der Waals surface area contributed by atoms with Gasteiger partial charge in [0.2, 0.25) is 5.91 Å². The normalized spacial score (nSPS) is 13.1. The smallest absolute Gasteiger partial charge is 0.408 e. The van der Waals surface area contributed by atoms with Gasteiger partial charge < -0.3 is 20.3 Å². The number of benzene rings is 2. The summed E-state index contributed by atoms with van der Waals surface area (Å²) in [6.45, 7) is 16.8. The molecule has 8 heteroatoms. The number of amides is 3. The van der Waals surface area contributed by atoms with Crippen LogP contribution in [0.1, 0.15) is 69.8 Å². The molecule has 0 heterocycles. The summed E-state index contributed by atoms with van der Waals surface area (Å²) in [7, 11) is 0. The Morgan fingerprint density at radius 2 is 1.65 bits per heavy atom. The number of alkyl carbamates (subject to hydrolysis) is 1. The van der Waals surface area contributed by atoms with Crippen LogP contribution in [-0.4, -0.2) is 41.0 Å². The van der Waals surface area contributed by atoms with Gasteiger partial charge in [0.1, 0.15) is 17.7 Å². The topological polar surface area (TPSA) is 87.7 Å². The maximum absolute atomic E-state index is 13.9. The number of likely N-dealkylation sites (N-methyl/N-ethyl adjacent to an activating group) is 1. The molecule has 0 saturated carbocycles. The lowest BCUT2D eigenvalue weighted by molar-refractivity contribution is -0.141. The van der Waals surface area contributed by atoms with Crippen molar-refractivity contribution >= 4 is 35.2 Å². The minimum atomic E-state index is -0.950. The van der Waals surface area contributed by atoms with Crippen LogP contribution in [0.3, 0.4) is 0 Å². The number of rotatable bonds is 8. The van der Waals surface area contributed by atoms with E-state index in [2.05, 4.69) is 10.6 Å². The summed E-state index contributed by atoms with van der Waals surface area (Å²) < 4.78 is 5.39. The quantitative estimate of drug-likeness (QED) is 0.417. The summed E-state index contributed by atoms with van der Waals surface area (Å²) in [5.41, 5.74) is 3.33. The van der Waals surface area contributed by atoms with Crippen molar-refractivity contribution in [2.45, 2.75) is 80.0 Å². The zero-order valence-electron chi connectivity index (χ0n) is 23.4. The predicted octanol–water partition coefficient (Wildman–Crippen LogP) is 6.34. The number of para-hydroxylation sites is 1. The van der Waals surface area contributed by atoms with Crippen LogP contribution in [0.2, 0.25) is 5.02 Å². The highest BCUT2D eigenvalue weighted by Crippen LogP contribution is 2.30. The third-order valence-electron chi connectivity index (χ3n) is 6.11. The number of carbonyl (C=O) groups excluding carboxylic acids is 3. The van der Waals surface area contributed by atoms with Crippen molar-refractivity contribution in [1.29, 1.82) is 0 Å². The Morgan fingerprint density at radius 3 is 2.16 bits per heavy atom. The van der Waals surface area contributed by atoms with Gasteiger partial charge in [0.05, 0.1) is 10.7 Å². The van der Waals surface area contributed by atoms with Gasteiger partial charge in [-0.3, -0.25) is 9.59 Å². The van der Waals surface area contributed by atoms with E-state index in [-0.39, 0.29) is 18.4 Å². The third kappa shape index (κ3) is 7.96. The van der Waals surface area contributed by atoms with Crippen LogP contribution in [0.25, 0.3) is 0 Å². The zero-order chi connectivity index (χ0) is 28.1. The van der Waals surface area contributed by atoms with Crippen molar-refractivity contribution in [3.05, 3.63) is 63.7 Å². The molecule has 0 fully saturated rings. The maximum Gasteiger partial charge on any atom is 0.408 e. The predicted molar refractivity (Wildman–Crippen MR) is 149 cm³/mol.